The van der Waals surface area contributed by atoms with Gasteiger partial charge in [0.25, 0.3) is 5.69 Å². The number of carbonyl (C=O) groups is 1. The third-order valence-corrected chi connectivity index (χ3v) is 8.20. The zero-order valence-corrected chi connectivity index (χ0v) is 20.3. The predicted molar refractivity (Wildman–Crippen MR) is 125 cm³/mol. The highest BCUT2D eigenvalue weighted by molar-refractivity contribution is 7.89. The van der Waals surface area contributed by atoms with Crippen LogP contribution >= 0.6 is 11.6 Å². The molecule has 2 heterocycles. The molecule has 0 atom stereocenters. The van der Waals surface area contributed by atoms with E-state index in [0.29, 0.717) is 0 Å². The highest BCUT2D eigenvalue weighted by Crippen LogP contribution is 2.35. The number of halogens is 4. The fourth-order valence-electron chi connectivity index (χ4n) is 3.88. The van der Waals surface area contributed by atoms with E-state index in [1.807, 2.05) is 0 Å². The monoisotopic (exact) mass is 558 g/mol. The van der Waals surface area contributed by atoms with Crippen molar-refractivity contribution < 1.29 is 31.3 Å². The number of hydrogen-bond acceptors (Lipinski definition) is 7. The number of aromatic nitrogens is 3. The molecule has 1 aliphatic heterocycles. The molecule has 1 aliphatic rings. The van der Waals surface area contributed by atoms with Crippen LogP contribution in [0.25, 0.3) is 5.69 Å². The Bertz CT molecular complexity index is 1440. The van der Waals surface area contributed by atoms with Crippen LogP contribution in [0.2, 0.25) is 5.02 Å². The highest BCUT2D eigenvalue weighted by atomic mass is 35.5. The lowest BCUT2D eigenvalue weighted by atomic mass is 9.97. The summed E-state index contributed by atoms with van der Waals surface area (Å²) in [6.07, 6.45) is -2.06. The Morgan fingerprint density at radius 3 is 2.46 bits per heavy atom. The number of benzene rings is 2. The lowest BCUT2D eigenvalue weighted by molar-refractivity contribution is -0.385. The summed E-state index contributed by atoms with van der Waals surface area (Å²) in [4.78, 5) is 26.6. The van der Waals surface area contributed by atoms with E-state index in [4.69, 9.17) is 11.6 Å². The topological polar surface area (TPSA) is 140 Å². The maximum Gasteiger partial charge on any atom is 0.416 e. The van der Waals surface area contributed by atoms with Crippen molar-refractivity contribution in [3.63, 3.8) is 0 Å². The Labute approximate surface area is 213 Å². The van der Waals surface area contributed by atoms with Gasteiger partial charge in [0, 0.05) is 31.1 Å². The number of nitrogens with zero attached hydrogens (tertiary/aromatic N) is 5. The van der Waals surface area contributed by atoms with Crippen molar-refractivity contribution in [2.24, 2.45) is 5.92 Å². The third kappa shape index (κ3) is 5.57. The van der Waals surface area contributed by atoms with Crippen molar-refractivity contribution in [1.29, 1.82) is 0 Å². The highest BCUT2D eigenvalue weighted by Gasteiger charge is 2.35. The van der Waals surface area contributed by atoms with E-state index in [9.17, 15) is 36.5 Å². The summed E-state index contributed by atoms with van der Waals surface area (Å²) in [6, 6.07) is 5.88. The first-order valence-corrected chi connectivity index (χ1v) is 12.5. The molecule has 0 bridgehead atoms. The van der Waals surface area contributed by atoms with E-state index >= 15 is 0 Å². The lowest BCUT2D eigenvalue weighted by Crippen LogP contribution is -2.41. The standard InChI is InChI=1S/C21H18ClF3N6O5S/c22-16-3-2-15(31(33)34)10-19(16)37(35,36)29-7-5-13(6-8-29)20(32)28-17-9-14(21(23,24)25)1-4-18(17)30-12-26-11-27-30/h1-4,9-13H,5-8H2,(H,28,32). The fourth-order valence-corrected chi connectivity index (χ4v) is 5.84. The molecule has 196 valence electrons. The second-order valence-corrected chi connectivity index (χ2v) is 10.4. The Kier molecular flexibility index (Phi) is 7.21. The third-order valence-electron chi connectivity index (χ3n) is 5.82. The summed E-state index contributed by atoms with van der Waals surface area (Å²) >= 11 is 5.99. The zero-order valence-electron chi connectivity index (χ0n) is 18.7. The van der Waals surface area contributed by atoms with Crippen LogP contribution < -0.4 is 5.32 Å². The normalized spacial score (nSPS) is 15.5. The van der Waals surface area contributed by atoms with Crippen molar-refractivity contribution in [1.82, 2.24) is 19.1 Å². The van der Waals surface area contributed by atoms with Gasteiger partial charge in [-0.2, -0.15) is 22.6 Å². The molecule has 0 aliphatic carbocycles. The summed E-state index contributed by atoms with van der Waals surface area (Å²) in [5.41, 5.74) is -1.38. The van der Waals surface area contributed by atoms with E-state index in [2.05, 4.69) is 15.4 Å². The SMILES string of the molecule is O=C(Nc1cc(C(F)(F)F)ccc1-n1cncn1)C1CCN(S(=O)(=O)c2cc([N+](=O)[O-])ccc2Cl)CC1. The summed E-state index contributed by atoms with van der Waals surface area (Å²) in [6.45, 7) is -0.198. The van der Waals surface area contributed by atoms with Crippen LogP contribution in [0.3, 0.4) is 0 Å². The number of nitro benzene ring substituents is 1. The van der Waals surface area contributed by atoms with Gasteiger partial charge in [0.15, 0.2) is 0 Å². The molecule has 11 nitrogen and oxygen atoms in total. The van der Waals surface area contributed by atoms with Crippen LogP contribution in [-0.4, -0.2) is 51.4 Å². The van der Waals surface area contributed by atoms with Gasteiger partial charge in [0.05, 0.1) is 26.9 Å². The minimum Gasteiger partial charge on any atom is -0.324 e. The van der Waals surface area contributed by atoms with Gasteiger partial charge in [-0.3, -0.25) is 14.9 Å². The molecular formula is C21H18ClF3N6O5S. The number of sulfonamides is 1. The number of hydrogen-bond donors (Lipinski definition) is 1. The molecular weight excluding hydrogens is 541 g/mol. The van der Waals surface area contributed by atoms with E-state index < -0.39 is 49.1 Å². The maximum absolute atomic E-state index is 13.3. The molecule has 2 aromatic carbocycles. The Balaban J connectivity index is 1.50. The van der Waals surface area contributed by atoms with Gasteiger partial charge in [-0.25, -0.2) is 18.1 Å². The molecule has 1 saturated heterocycles. The Morgan fingerprint density at radius 1 is 1.16 bits per heavy atom. The number of piperidine rings is 1. The van der Waals surface area contributed by atoms with Crippen molar-refractivity contribution >= 4 is 38.9 Å². The second-order valence-electron chi connectivity index (χ2n) is 8.11. The fraction of sp³-hybridized carbons (Fsp3) is 0.286. The first-order chi connectivity index (χ1) is 17.4. The average molecular weight is 559 g/mol. The van der Waals surface area contributed by atoms with Crippen molar-refractivity contribution in [3.05, 3.63) is 69.8 Å². The van der Waals surface area contributed by atoms with Crippen LogP contribution in [0.5, 0.6) is 0 Å². The first-order valence-electron chi connectivity index (χ1n) is 10.7. The van der Waals surface area contributed by atoms with Crippen LogP contribution in [0.15, 0.2) is 53.9 Å². The predicted octanol–water partition coefficient (Wildman–Crippen LogP) is 3.89. The average Bonchev–Trinajstić information content (AvgIpc) is 3.38. The van der Waals surface area contributed by atoms with Crippen LogP contribution in [0.1, 0.15) is 18.4 Å². The molecule has 1 amide bonds. The Hall–Kier alpha value is -3.56. The summed E-state index contributed by atoms with van der Waals surface area (Å²) in [5, 5.41) is 17.3. The van der Waals surface area contributed by atoms with E-state index in [1.165, 1.54) is 17.3 Å². The number of amides is 1. The van der Waals surface area contributed by atoms with Crippen molar-refractivity contribution in [3.8, 4) is 5.69 Å². The number of nitrogens with one attached hydrogen (secondary N) is 1. The molecule has 37 heavy (non-hydrogen) atoms. The van der Waals surface area contributed by atoms with E-state index in [-0.39, 0.29) is 42.3 Å². The van der Waals surface area contributed by atoms with Crippen LogP contribution in [0.4, 0.5) is 24.5 Å². The van der Waals surface area contributed by atoms with E-state index in [0.717, 1.165) is 40.7 Å². The first kappa shape index (κ1) is 26.5. The molecule has 1 fully saturated rings. The van der Waals surface area contributed by atoms with Crippen molar-refractivity contribution in [2.75, 3.05) is 18.4 Å². The van der Waals surface area contributed by atoms with Gasteiger partial charge in [-0.15, -0.1) is 0 Å². The molecule has 4 rings (SSSR count). The minimum absolute atomic E-state index is 0.0647. The summed E-state index contributed by atoms with van der Waals surface area (Å²) in [7, 11) is -4.19. The molecule has 0 spiro atoms. The minimum atomic E-state index is -4.64. The number of anilines is 1. The molecule has 3 aromatic rings. The number of rotatable bonds is 6. The summed E-state index contributed by atoms with van der Waals surface area (Å²) < 4.78 is 68.2. The van der Waals surface area contributed by atoms with Gasteiger partial charge >= 0.3 is 6.18 Å². The van der Waals surface area contributed by atoms with Gasteiger partial charge in [-0.05, 0) is 37.1 Å². The smallest absolute Gasteiger partial charge is 0.324 e. The Morgan fingerprint density at radius 2 is 1.86 bits per heavy atom. The van der Waals surface area contributed by atoms with Gasteiger partial charge < -0.3 is 5.32 Å². The number of nitro groups is 1. The second kappa shape index (κ2) is 10.1. The van der Waals surface area contributed by atoms with Gasteiger partial charge in [0.1, 0.15) is 17.6 Å². The largest absolute Gasteiger partial charge is 0.416 e. The molecule has 16 heteroatoms. The number of alkyl halides is 3. The molecule has 0 unspecified atom stereocenters. The molecule has 1 N–H and O–H groups in total. The van der Waals surface area contributed by atoms with E-state index in [1.54, 1.807) is 0 Å². The lowest BCUT2D eigenvalue weighted by Gasteiger charge is -2.30. The van der Waals surface area contributed by atoms with Gasteiger partial charge in [-0.1, -0.05) is 11.6 Å². The van der Waals surface area contributed by atoms with Crippen LogP contribution in [-0.2, 0) is 21.0 Å². The van der Waals surface area contributed by atoms with Crippen molar-refractivity contribution in [2.45, 2.75) is 23.9 Å². The molecule has 0 saturated carbocycles. The summed E-state index contributed by atoms with van der Waals surface area (Å²) in [5.74, 6) is -1.30. The molecule has 1 aromatic heterocycles. The number of non-ortho nitro benzene ring substituents is 1. The zero-order chi connectivity index (χ0) is 27.0. The van der Waals surface area contributed by atoms with Gasteiger partial charge in [0.2, 0.25) is 15.9 Å². The molecule has 0 radical (unpaired) electrons. The maximum atomic E-state index is 13.3. The quantitative estimate of drug-likeness (QED) is 0.357. The number of carbonyl (C=O) groups excluding carboxylic acids is 1. The van der Waals surface area contributed by atoms with Crippen LogP contribution in [0, 0.1) is 16.0 Å².